The Labute approximate surface area is 125 Å². The van der Waals surface area contributed by atoms with Gasteiger partial charge in [0.1, 0.15) is 5.75 Å². The van der Waals surface area contributed by atoms with Crippen molar-refractivity contribution in [2.45, 2.75) is 45.8 Å². The Morgan fingerprint density at radius 1 is 1.40 bits per heavy atom. The van der Waals surface area contributed by atoms with Crippen LogP contribution in [0.25, 0.3) is 0 Å². The number of benzene rings is 1. The minimum Gasteiger partial charge on any atom is -0.481 e. The molecule has 0 aromatic heterocycles. The van der Waals surface area contributed by atoms with E-state index in [0.29, 0.717) is 22.7 Å². The van der Waals surface area contributed by atoms with E-state index >= 15 is 0 Å². The number of ether oxygens (including phenoxy) is 1. The van der Waals surface area contributed by atoms with Crippen LogP contribution in [-0.2, 0) is 4.79 Å². The van der Waals surface area contributed by atoms with Gasteiger partial charge in [0.2, 0.25) is 0 Å². The minimum absolute atomic E-state index is 0.0266. The summed E-state index contributed by atoms with van der Waals surface area (Å²) < 4.78 is 5.78. The largest absolute Gasteiger partial charge is 0.481 e. The van der Waals surface area contributed by atoms with Crippen LogP contribution >= 0.6 is 11.6 Å². The van der Waals surface area contributed by atoms with E-state index in [1.807, 2.05) is 31.0 Å². The zero-order valence-corrected chi connectivity index (χ0v) is 13.3. The SMILES string of the molecule is Cc1cc(Cl)ccc1OC(C)C(=O)N(C)C(C)C1CC1. The molecule has 1 aliphatic carbocycles. The molecule has 2 unspecified atom stereocenters. The molecule has 110 valence electrons. The van der Waals surface area contributed by atoms with E-state index in [-0.39, 0.29) is 5.91 Å². The third kappa shape index (κ3) is 3.45. The van der Waals surface area contributed by atoms with Crippen LogP contribution in [0.3, 0.4) is 0 Å². The smallest absolute Gasteiger partial charge is 0.263 e. The Morgan fingerprint density at radius 2 is 2.05 bits per heavy atom. The summed E-state index contributed by atoms with van der Waals surface area (Å²) in [6, 6.07) is 5.72. The first-order chi connectivity index (χ1) is 9.40. The lowest BCUT2D eigenvalue weighted by Gasteiger charge is -2.28. The fourth-order valence-corrected chi connectivity index (χ4v) is 2.59. The number of hydrogen-bond donors (Lipinski definition) is 0. The van der Waals surface area contributed by atoms with Gasteiger partial charge in [0.05, 0.1) is 0 Å². The Hall–Kier alpha value is -1.22. The number of hydrogen-bond acceptors (Lipinski definition) is 2. The Bertz CT molecular complexity index is 499. The molecule has 1 fully saturated rings. The first-order valence-corrected chi connectivity index (χ1v) is 7.47. The lowest BCUT2D eigenvalue weighted by Crippen LogP contribution is -2.43. The van der Waals surface area contributed by atoms with Crippen molar-refractivity contribution in [1.29, 1.82) is 0 Å². The fraction of sp³-hybridized carbons (Fsp3) is 0.562. The molecule has 0 bridgehead atoms. The summed E-state index contributed by atoms with van der Waals surface area (Å²) in [5.74, 6) is 1.40. The first kappa shape index (κ1) is 15.2. The minimum atomic E-state index is -0.485. The van der Waals surface area contributed by atoms with Gasteiger partial charge in [0.15, 0.2) is 6.10 Å². The average Bonchev–Trinajstić information content (AvgIpc) is 3.23. The van der Waals surface area contributed by atoms with Crippen LogP contribution in [0.5, 0.6) is 5.75 Å². The average molecular weight is 296 g/mol. The normalized spacial score (nSPS) is 17.4. The van der Waals surface area contributed by atoms with Crippen molar-refractivity contribution in [3.63, 3.8) is 0 Å². The van der Waals surface area contributed by atoms with Crippen LogP contribution in [0.4, 0.5) is 0 Å². The Kier molecular flexibility index (Phi) is 4.59. The maximum absolute atomic E-state index is 12.4. The summed E-state index contributed by atoms with van der Waals surface area (Å²) in [6.45, 7) is 5.83. The number of carbonyl (C=O) groups is 1. The van der Waals surface area contributed by atoms with E-state index in [2.05, 4.69) is 6.92 Å². The van der Waals surface area contributed by atoms with Gasteiger partial charge in [-0.1, -0.05) is 11.6 Å². The van der Waals surface area contributed by atoms with Gasteiger partial charge in [-0.15, -0.1) is 0 Å². The second-order valence-electron chi connectivity index (χ2n) is 5.70. The van der Waals surface area contributed by atoms with Crippen LogP contribution in [0, 0.1) is 12.8 Å². The predicted octanol–water partition coefficient (Wildman–Crippen LogP) is 3.67. The summed E-state index contributed by atoms with van der Waals surface area (Å²) in [6.07, 6.45) is 1.97. The third-order valence-corrected chi connectivity index (χ3v) is 4.29. The van der Waals surface area contributed by atoms with E-state index in [1.54, 1.807) is 13.0 Å². The van der Waals surface area contributed by atoms with Gasteiger partial charge in [0, 0.05) is 18.1 Å². The number of carbonyl (C=O) groups excluding carboxylic acids is 1. The maximum atomic E-state index is 12.4. The van der Waals surface area contributed by atoms with Gasteiger partial charge in [-0.05, 0) is 63.3 Å². The van der Waals surface area contributed by atoms with E-state index in [1.165, 1.54) is 12.8 Å². The third-order valence-electron chi connectivity index (χ3n) is 4.05. The van der Waals surface area contributed by atoms with Gasteiger partial charge >= 0.3 is 0 Å². The Morgan fingerprint density at radius 3 is 2.60 bits per heavy atom. The quantitative estimate of drug-likeness (QED) is 0.829. The molecule has 2 rings (SSSR count). The van der Waals surface area contributed by atoms with Crippen molar-refractivity contribution in [3.8, 4) is 5.75 Å². The molecule has 0 heterocycles. The molecule has 1 amide bonds. The van der Waals surface area contributed by atoms with E-state index < -0.39 is 6.10 Å². The zero-order valence-electron chi connectivity index (χ0n) is 12.5. The number of likely N-dealkylation sites (N-methyl/N-ethyl adjacent to an activating group) is 1. The van der Waals surface area contributed by atoms with E-state index in [0.717, 1.165) is 5.56 Å². The highest BCUT2D eigenvalue weighted by Crippen LogP contribution is 2.35. The number of amides is 1. The summed E-state index contributed by atoms with van der Waals surface area (Å²) in [5, 5.41) is 0.674. The van der Waals surface area contributed by atoms with Crippen LogP contribution in [-0.4, -0.2) is 30.0 Å². The van der Waals surface area contributed by atoms with Crippen molar-refractivity contribution >= 4 is 17.5 Å². The van der Waals surface area contributed by atoms with E-state index in [9.17, 15) is 4.79 Å². The molecule has 20 heavy (non-hydrogen) atoms. The summed E-state index contributed by atoms with van der Waals surface area (Å²) in [5.41, 5.74) is 0.940. The molecule has 2 atom stereocenters. The van der Waals surface area contributed by atoms with Crippen molar-refractivity contribution in [2.75, 3.05) is 7.05 Å². The Balaban J connectivity index is 1.99. The molecule has 0 N–H and O–H groups in total. The van der Waals surface area contributed by atoms with Crippen molar-refractivity contribution < 1.29 is 9.53 Å². The predicted molar refractivity (Wildman–Crippen MR) is 81.2 cm³/mol. The maximum Gasteiger partial charge on any atom is 0.263 e. The fourth-order valence-electron chi connectivity index (χ4n) is 2.37. The molecule has 0 aliphatic heterocycles. The molecule has 0 saturated heterocycles. The van der Waals surface area contributed by atoms with Crippen molar-refractivity contribution in [1.82, 2.24) is 4.90 Å². The molecule has 1 aromatic carbocycles. The molecular weight excluding hydrogens is 274 g/mol. The van der Waals surface area contributed by atoms with Gasteiger partial charge in [0.25, 0.3) is 5.91 Å². The summed E-state index contributed by atoms with van der Waals surface area (Å²) in [4.78, 5) is 14.2. The van der Waals surface area contributed by atoms with Gasteiger partial charge in [-0.3, -0.25) is 4.79 Å². The summed E-state index contributed by atoms with van der Waals surface area (Å²) >= 11 is 5.92. The molecule has 1 aromatic rings. The van der Waals surface area contributed by atoms with Gasteiger partial charge < -0.3 is 9.64 Å². The van der Waals surface area contributed by atoms with Crippen molar-refractivity contribution in [2.24, 2.45) is 5.92 Å². The van der Waals surface area contributed by atoms with Crippen LogP contribution < -0.4 is 4.74 Å². The van der Waals surface area contributed by atoms with Crippen LogP contribution in [0.1, 0.15) is 32.3 Å². The molecule has 3 nitrogen and oxygen atoms in total. The second kappa shape index (κ2) is 6.04. The van der Waals surface area contributed by atoms with E-state index in [4.69, 9.17) is 16.3 Å². The standard InChI is InChI=1S/C16H22ClNO2/c1-10-9-14(17)7-8-15(10)20-12(3)16(19)18(4)11(2)13-5-6-13/h7-9,11-13H,5-6H2,1-4H3. The van der Waals surface area contributed by atoms with Crippen molar-refractivity contribution in [3.05, 3.63) is 28.8 Å². The second-order valence-corrected chi connectivity index (χ2v) is 6.13. The van der Waals surface area contributed by atoms with Gasteiger partial charge in [-0.25, -0.2) is 0 Å². The molecule has 1 saturated carbocycles. The number of halogens is 1. The molecule has 4 heteroatoms. The number of nitrogens with zero attached hydrogens (tertiary/aromatic N) is 1. The molecule has 0 spiro atoms. The monoisotopic (exact) mass is 295 g/mol. The molecule has 0 radical (unpaired) electrons. The first-order valence-electron chi connectivity index (χ1n) is 7.09. The summed E-state index contributed by atoms with van der Waals surface area (Å²) in [7, 11) is 1.86. The molecule has 1 aliphatic rings. The topological polar surface area (TPSA) is 29.5 Å². The highest BCUT2D eigenvalue weighted by atomic mass is 35.5. The lowest BCUT2D eigenvalue weighted by molar-refractivity contribution is -0.138. The van der Waals surface area contributed by atoms with Gasteiger partial charge in [-0.2, -0.15) is 0 Å². The van der Waals surface area contributed by atoms with Crippen LogP contribution in [0.2, 0.25) is 5.02 Å². The lowest BCUT2D eigenvalue weighted by atomic mass is 10.1. The zero-order chi connectivity index (χ0) is 14.9. The highest BCUT2D eigenvalue weighted by molar-refractivity contribution is 6.30. The number of rotatable bonds is 5. The number of aryl methyl sites for hydroxylation is 1. The highest BCUT2D eigenvalue weighted by Gasteiger charge is 2.34. The van der Waals surface area contributed by atoms with Crippen LogP contribution in [0.15, 0.2) is 18.2 Å². The molecular formula is C16H22ClNO2.